The highest BCUT2D eigenvalue weighted by atomic mass is 16.2. The van der Waals surface area contributed by atoms with Gasteiger partial charge >= 0.3 is 0 Å². The zero-order valence-corrected chi connectivity index (χ0v) is 13.5. The van der Waals surface area contributed by atoms with Gasteiger partial charge in [-0.3, -0.25) is 4.79 Å². The van der Waals surface area contributed by atoms with Gasteiger partial charge in [-0.2, -0.15) is 0 Å². The van der Waals surface area contributed by atoms with Crippen LogP contribution in [0.5, 0.6) is 0 Å². The van der Waals surface area contributed by atoms with E-state index in [1.807, 2.05) is 0 Å². The molecule has 22 heavy (non-hydrogen) atoms. The first-order chi connectivity index (χ1) is 10.7. The maximum atomic E-state index is 13.1. The number of rotatable bonds is 1. The van der Waals surface area contributed by atoms with Crippen LogP contribution < -0.4 is 10.2 Å². The largest absolute Gasteiger partial charge is 0.314 e. The highest BCUT2D eigenvalue weighted by Crippen LogP contribution is 2.50. The molecule has 3 heteroatoms. The predicted octanol–water partition coefficient (Wildman–Crippen LogP) is 3.23. The lowest BCUT2D eigenvalue weighted by molar-refractivity contribution is -0.123. The van der Waals surface area contributed by atoms with Gasteiger partial charge in [0.15, 0.2) is 0 Å². The van der Waals surface area contributed by atoms with E-state index in [9.17, 15) is 4.79 Å². The Hall–Kier alpha value is -1.35. The van der Waals surface area contributed by atoms with Crippen molar-refractivity contribution in [1.29, 1.82) is 0 Å². The first-order valence-electron chi connectivity index (χ1n) is 8.84. The minimum absolute atomic E-state index is 0.195. The molecule has 1 amide bonds. The van der Waals surface area contributed by atoms with Crippen molar-refractivity contribution in [2.75, 3.05) is 18.0 Å². The van der Waals surface area contributed by atoms with Crippen molar-refractivity contribution in [2.24, 2.45) is 5.92 Å². The average molecular weight is 298 g/mol. The molecule has 1 spiro atoms. The van der Waals surface area contributed by atoms with E-state index in [0.717, 1.165) is 25.9 Å². The number of anilines is 1. The zero-order valence-electron chi connectivity index (χ0n) is 13.5. The van der Waals surface area contributed by atoms with Gasteiger partial charge in [-0.1, -0.05) is 31.0 Å². The average Bonchev–Trinajstić information content (AvgIpc) is 3.14. The minimum Gasteiger partial charge on any atom is -0.314 e. The molecular weight excluding hydrogens is 272 g/mol. The molecular formula is C19H26N2O. The molecule has 0 unspecified atom stereocenters. The molecule has 1 saturated heterocycles. The van der Waals surface area contributed by atoms with E-state index >= 15 is 0 Å². The molecule has 0 radical (unpaired) electrons. The number of hydrogen-bond acceptors (Lipinski definition) is 2. The fourth-order valence-corrected chi connectivity index (χ4v) is 4.88. The lowest BCUT2D eigenvalue weighted by atomic mass is 9.81. The van der Waals surface area contributed by atoms with Crippen LogP contribution in [0, 0.1) is 5.92 Å². The molecule has 118 valence electrons. The van der Waals surface area contributed by atoms with Gasteiger partial charge in [0, 0.05) is 29.6 Å². The fourth-order valence-electron chi connectivity index (χ4n) is 4.88. The Labute approximate surface area is 133 Å². The first-order valence-corrected chi connectivity index (χ1v) is 8.84. The Balaban J connectivity index is 1.64. The van der Waals surface area contributed by atoms with Crippen molar-refractivity contribution in [3.63, 3.8) is 0 Å². The maximum absolute atomic E-state index is 13.1. The van der Waals surface area contributed by atoms with Crippen LogP contribution in [0.2, 0.25) is 0 Å². The van der Waals surface area contributed by atoms with Gasteiger partial charge < -0.3 is 10.2 Å². The van der Waals surface area contributed by atoms with Gasteiger partial charge in [0.25, 0.3) is 0 Å². The van der Waals surface area contributed by atoms with E-state index in [1.165, 1.54) is 36.9 Å². The number of amides is 1. The number of carbonyl (C=O) groups is 1. The van der Waals surface area contributed by atoms with E-state index < -0.39 is 0 Å². The number of nitrogens with zero attached hydrogens (tertiary/aromatic N) is 1. The van der Waals surface area contributed by atoms with Crippen molar-refractivity contribution < 1.29 is 4.79 Å². The second kappa shape index (κ2) is 5.38. The van der Waals surface area contributed by atoms with Gasteiger partial charge in [-0.05, 0) is 50.8 Å². The monoisotopic (exact) mass is 298 g/mol. The van der Waals surface area contributed by atoms with Gasteiger partial charge in [0.2, 0.25) is 5.91 Å². The number of piperidine rings is 1. The van der Waals surface area contributed by atoms with E-state index in [0.29, 0.717) is 11.9 Å². The van der Waals surface area contributed by atoms with Gasteiger partial charge in [0.05, 0.1) is 0 Å². The smallest absolute Gasteiger partial charge is 0.230 e. The van der Waals surface area contributed by atoms with E-state index in [1.54, 1.807) is 0 Å². The summed E-state index contributed by atoms with van der Waals surface area (Å²) in [6.45, 7) is 4.08. The summed E-state index contributed by atoms with van der Waals surface area (Å²) in [7, 11) is 0. The Morgan fingerprint density at radius 1 is 1.27 bits per heavy atom. The minimum atomic E-state index is 0.195. The number of fused-ring (bicyclic) bond motifs is 2. The van der Waals surface area contributed by atoms with Crippen LogP contribution in [-0.2, 0) is 10.2 Å². The molecule has 3 nitrogen and oxygen atoms in total. The molecule has 1 saturated carbocycles. The Kier molecular flexibility index (Phi) is 3.48. The molecule has 0 bridgehead atoms. The first kappa shape index (κ1) is 14.3. The van der Waals surface area contributed by atoms with E-state index in [4.69, 9.17) is 0 Å². The normalized spacial score (nSPS) is 29.8. The molecule has 2 fully saturated rings. The summed E-state index contributed by atoms with van der Waals surface area (Å²) in [6.07, 6.45) is 7.06. The second-order valence-electron chi connectivity index (χ2n) is 7.51. The van der Waals surface area contributed by atoms with Crippen molar-refractivity contribution >= 4 is 11.6 Å². The summed E-state index contributed by atoms with van der Waals surface area (Å²) in [5, 5.41) is 3.45. The lowest BCUT2D eigenvalue weighted by Gasteiger charge is -2.31. The molecule has 0 aromatic heterocycles. The van der Waals surface area contributed by atoms with Crippen molar-refractivity contribution in [3.8, 4) is 0 Å². The fraction of sp³-hybridized carbons (Fsp3) is 0.632. The van der Waals surface area contributed by atoms with E-state index in [2.05, 4.69) is 41.4 Å². The summed E-state index contributed by atoms with van der Waals surface area (Å²) in [5.74, 6) is 0.561. The number of para-hydroxylation sites is 1. The second-order valence-corrected chi connectivity index (χ2v) is 7.51. The van der Waals surface area contributed by atoms with Crippen LogP contribution in [0.3, 0.4) is 0 Å². The summed E-state index contributed by atoms with van der Waals surface area (Å²) in [5.41, 5.74) is 2.88. The highest BCUT2D eigenvalue weighted by molar-refractivity contribution is 5.98. The SMILES string of the molecule is C[C@H]1C[C@@H](C(=O)N2CC3(CCCC3)c3ccccc32)CCN1. The molecule has 2 heterocycles. The van der Waals surface area contributed by atoms with Crippen LogP contribution in [-0.4, -0.2) is 25.0 Å². The van der Waals surface area contributed by atoms with Crippen molar-refractivity contribution in [1.82, 2.24) is 5.32 Å². The van der Waals surface area contributed by atoms with Gasteiger partial charge in [-0.15, -0.1) is 0 Å². The summed E-state index contributed by atoms with van der Waals surface area (Å²) in [4.78, 5) is 15.3. The topological polar surface area (TPSA) is 32.3 Å². The zero-order chi connectivity index (χ0) is 15.2. The third-order valence-electron chi connectivity index (χ3n) is 6.03. The number of carbonyl (C=O) groups excluding carboxylic acids is 1. The molecule has 2 atom stereocenters. The van der Waals surface area contributed by atoms with Crippen LogP contribution >= 0.6 is 0 Å². The molecule has 1 aromatic carbocycles. The van der Waals surface area contributed by atoms with E-state index in [-0.39, 0.29) is 11.3 Å². The molecule has 3 aliphatic rings. The molecule has 2 aliphatic heterocycles. The highest BCUT2D eigenvalue weighted by Gasteiger charge is 2.47. The molecule has 1 N–H and O–H groups in total. The Morgan fingerprint density at radius 3 is 2.82 bits per heavy atom. The molecule has 1 aromatic rings. The van der Waals surface area contributed by atoms with Crippen LogP contribution in [0.25, 0.3) is 0 Å². The molecule has 4 rings (SSSR count). The number of nitrogens with one attached hydrogen (secondary N) is 1. The third kappa shape index (κ3) is 2.18. The van der Waals surface area contributed by atoms with Crippen LogP contribution in [0.15, 0.2) is 24.3 Å². The molecule has 1 aliphatic carbocycles. The number of hydrogen-bond donors (Lipinski definition) is 1. The lowest BCUT2D eigenvalue weighted by Crippen LogP contribution is -2.45. The van der Waals surface area contributed by atoms with Crippen molar-refractivity contribution in [3.05, 3.63) is 29.8 Å². The summed E-state index contributed by atoms with van der Waals surface area (Å²) >= 11 is 0. The Morgan fingerprint density at radius 2 is 2.05 bits per heavy atom. The quantitative estimate of drug-likeness (QED) is 0.863. The summed E-state index contributed by atoms with van der Waals surface area (Å²) in [6, 6.07) is 9.10. The van der Waals surface area contributed by atoms with Gasteiger partial charge in [0.1, 0.15) is 0 Å². The Bertz CT molecular complexity index is 577. The predicted molar refractivity (Wildman–Crippen MR) is 89.1 cm³/mol. The van der Waals surface area contributed by atoms with Crippen LogP contribution in [0.1, 0.15) is 51.0 Å². The number of benzene rings is 1. The maximum Gasteiger partial charge on any atom is 0.230 e. The van der Waals surface area contributed by atoms with Crippen molar-refractivity contribution in [2.45, 2.75) is 56.9 Å². The third-order valence-corrected chi connectivity index (χ3v) is 6.03. The standard InChI is InChI=1S/C19H26N2O/c1-14-12-15(8-11-20-14)18(22)21-13-19(9-4-5-10-19)16-6-2-3-7-17(16)21/h2-3,6-7,14-15,20H,4-5,8-13H2,1H3/t14-,15-/m0/s1. The van der Waals surface area contributed by atoms with Gasteiger partial charge in [-0.25, -0.2) is 0 Å². The van der Waals surface area contributed by atoms with Crippen LogP contribution in [0.4, 0.5) is 5.69 Å². The summed E-state index contributed by atoms with van der Waals surface area (Å²) < 4.78 is 0.